The van der Waals surface area contributed by atoms with Crippen LogP contribution in [0.3, 0.4) is 0 Å². The van der Waals surface area contributed by atoms with E-state index in [0.717, 1.165) is 67.6 Å². The first-order valence-electron chi connectivity index (χ1n) is 11.2. The Bertz CT molecular complexity index is 1050. The Morgan fingerprint density at radius 3 is 2.88 bits per heavy atom. The van der Waals surface area contributed by atoms with Crippen LogP contribution in [-0.2, 0) is 4.74 Å². The van der Waals surface area contributed by atoms with E-state index >= 15 is 0 Å². The van der Waals surface area contributed by atoms with Gasteiger partial charge in [0.2, 0.25) is 5.95 Å². The van der Waals surface area contributed by atoms with E-state index in [1.165, 1.54) is 11.5 Å². The van der Waals surface area contributed by atoms with E-state index in [4.69, 9.17) is 14.5 Å². The number of hydrogen-bond acceptors (Lipinski definition) is 9. The van der Waals surface area contributed by atoms with Crippen LogP contribution in [0, 0.1) is 0 Å². The van der Waals surface area contributed by atoms with Crippen molar-refractivity contribution in [2.24, 2.45) is 0 Å². The second kappa shape index (κ2) is 9.83. The average molecular weight is 456 g/mol. The molecule has 9 nitrogen and oxygen atoms in total. The average Bonchev–Trinajstić information content (AvgIpc) is 3.31. The Hall–Kier alpha value is -2.72. The molecule has 0 bridgehead atoms. The fraction of sp³-hybridized carbons (Fsp3) is 0.500. The molecule has 170 valence electrons. The Balaban J connectivity index is 1.41. The third-order valence-electron chi connectivity index (χ3n) is 5.74. The smallest absolute Gasteiger partial charge is 0.231 e. The van der Waals surface area contributed by atoms with Crippen molar-refractivity contribution >= 4 is 46.1 Å². The van der Waals surface area contributed by atoms with Gasteiger partial charge in [0.15, 0.2) is 11.5 Å². The summed E-state index contributed by atoms with van der Waals surface area (Å²) >= 11 is 2.01. The summed E-state index contributed by atoms with van der Waals surface area (Å²) in [6.45, 7) is 5.82. The number of aromatic nitrogens is 4. The number of fused-ring (bicyclic) bond motifs is 1. The van der Waals surface area contributed by atoms with Crippen molar-refractivity contribution in [2.75, 3.05) is 59.9 Å². The summed E-state index contributed by atoms with van der Waals surface area (Å²) in [7, 11) is 0. The van der Waals surface area contributed by atoms with Crippen LogP contribution >= 0.6 is 11.8 Å². The lowest BCUT2D eigenvalue weighted by atomic mass is 10.1. The summed E-state index contributed by atoms with van der Waals surface area (Å²) in [4.78, 5) is 19.2. The van der Waals surface area contributed by atoms with Crippen LogP contribution in [0.4, 0.5) is 23.1 Å². The maximum atomic E-state index is 5.95. The van der Waals surface area contributed by atoms with Gasteiger partial charge in [-0.3, -0.25) is 0 Å². The number of nitrogens with zero attached hydrogens (tertiary/aromatic N) is 4. The minimum absolute atomic E-state index is 0.414. The van der Waals surface area contributed by atoms with Gasteiger partial charge in [0.25, 0.3) is 0 Å². The van der Waals surface area contributed by atoms with E-state index in [0.29, 0.717) is 24.2 Å². The van der Waals surface area contributed by atoms with Crippen molar-refractivity contribution in [3.05, 3.63) is 24.5 Å². The Kier molecular flexibility index (Phi) is 6.49. The zero-order chi connectivity index (χ0) is 21.8. The van der Waals surface area contributed by atoms with Crippen LogP contribution in [0.2, 0.25) is 0 Å². The first-order valence-corrected chi connectivity index (χ1v) is 12.4. The lowest BCUT2D eigenvalue weighted by Gasteiger charge is -2.29. The van der Waals surface area contributed by atoms with E-state index in [9.17, 15) is 0 Å². The van der Waals surface area contributed by atoms with Crippen LogP contribution in [0.25, 0.3) is 11.2 Å². The third-order valence-corrected chi connectivity index (χ3v) is 6.78. The summed E-state index contributed by atoms with van der Waals surface area (Å²) in [5.74, 6) is 4.41. The minimum Gasteiger partial charge on any atom is -0.492 e. The summed E-state index contributed by atoms with van der Waals surface area (Å²) in [6, 6.07) is 6.61. The molecule has 0 radical (unpaired) electrons. The molecule has 0 saturated carbocycles. The third kappa shape index (κ3) is 4.71. The van der Waals surface area contributed by atoms with Gasteiger partial charge in [-0.25, -0.2) is 4.98 Å². The number of benzene rings is 1. The summed E-state index contributed by atoms with van der Waals surface area (Å²) in [5, 5.41) is 6.96. The number of anilines is 4. The molecule has 3 N–H and O–H groups in total. The topological polar surface area (TPSA) is 100 Å². The molecule has 0 unspecified atom stereocenters. The fourth-order valence-electron chi connectivity index (χ4n) is 4.06. The van der Waals surface area contributed by atoms with Gasteiger partial charge in [-0.2, -0.15) is 21.7 Å². The number of morpholine rings is 1. The van der Waals surface area contributed by atoms with Gasteiger partial charge in [-0.15, -0.1) is 0 Å². The molecule has 2 aromatic heterocycles. The molecular weight excluding hydrogens is 426 g/mol. The standard InChI is InChI=1S/C22H29N7O2S/c1-2-31-18-13-16(29-7-9-30-10-8-29)3-4-17(18)26-22-27-20-19(23-14-24-20)21(28-22)25-15-5-11-32-12-6-15/h3-4,13-15H,2,5-12H2,1H3,(H3,23,24,25,26,27,28). The van der Waals surface area contributed by atoms with Gasteiger partial charge < -0.3 is 30.0 Å². The fourth-order valence-corrected chi connectivity index (χ4v) is 5.16. The van der Waals surface area contributed by atoms with Crippen molar-refractivity contribution < 1.29 is 9.47 Å². The molecule has 0 aliphatic carbocycles. The predicted molar refractivity (Wildman–Crippen MR) is 130 cm³/mol. The molecule has 4 heterocycles. The predicted octanol–water partition coefficient (Wildman–Crippen LogP) is 3.64. The normalized spacial score (nSPS) is 17.5. The van der Waals surface area contributed by atoms with Gasteiger partial charge in [0.1, 0.15) is 11.3 Å². The number of aromatic amines is 1. The lowest BCUT2D eigenvalue weighted by molar-refractivity contribution is 0.122. The highest BCUT2D eigenvalue weighted by atomic mass is 32.2. The van der Waals surface area contributed by atoms with Crippen LogP contribution in [0.5, 0.6) is 5.75 Å². The molecule has 2 saturated heterocycles. The largest absolute Gasteiger partial charge is 0.492 e. The second-order valence-corrected chi connectivity index (χ2v) is 9.09. The Morgan fingerprint density at radius 2 is 2.06 bits per heavy atom. The molecule has 32 heavy (non-hydrogen) atoms. The van der Waals surface area contributed by atoms with E-state index in [1.807, 2.05) is 24.8 Å². The summed E-state index contributed by atoms with van der Waals surface area (Å²) in [6.07, 6.45) is 3.92. The number of nitrogens with one attached hydrogen (secondary N) is 3. The molecule has 0 atom stereocenters. The van der Waals surface area contributed by atoms with Crippen molar-refractivity contribution in [3.8, 4) is 5.75 Å². The first kappa shape index (κ1) is 21.1. The van der Waals surface area contributed by atoms with Gasteiger partial charge >= 0.3 is 0 Å². The molecule has 0 amide bonds. The molecule has 3 aromatic rings. The molecule has 10 heteroatoms. The highest BCUT2D eigenvalue weighted by Crippen LogP contribution is 2.33. The number of imidazole rings is 1. The quantitative estimate of drug-likeness (QED) is 0.493. The summed E-state index contributed by atoms with van der Waals surface area (Å²) in [5.41, 5.74) is 3.43. The Morgan fingerprint density at radius 1 is 1.22 bits per heavy atom. The van der Waals surface area contributed by atoms with Crippen molar-refractivity contribution in [2.45, 2.75) is 25.8 Å². The molecule has 5 rings (SSSR count). The van der Waals surface area contributed by atoms with Gasteiger partial charge in [-0.05, 0) is 43.4 Å². The maximum Gasteiger partial charge on any atom is 0.231 e. The van der Waals surface area contributed by atoms with Gasteiger partial charge in [-0.1, -0.05) is 0 Å². The lowest BCUT2D eigenvalue weighted by Crippen LogP contribution is -2.36. The van der Waals surface area contributed by atoms with Crippen LogP contribution in [0.1, 0.15) is 19.8 Å². The number of thioether (sulfide) groups is 1. The number of ether oxygens (including phenoxy) is 2. The molecule has 1 aromatic carbocycles. The Labute approximate surface area is 191 Å². The molecule has 0 spiro atoms. The zero-order valence-corrected chi connectivity index (χ0v) is 19.1. The van der Waals surface area contributed by atoms with Crippen molar-refractivity contribution in [1.82, 2.24) is 19.9 Å². The number of hydrogen-bond donors (Lipinski definition) is 3. The van der Waals surface area contributed by atoms with Crippen LogP contribution in [0.15, 0.2) is 24.5 Å². The summed E-state index contributed by atoms with van der Waals surface area (Å²) < 4.78 is 11.4. The van der Waals surface area contributed by atoms with E-state index in [1.54, 1.807) is 6.33 Å². The van der Waals surface area contributed by atoms with Crippen molar-refractivity contribution in [3.63, 3.8) is 0 Å². The van der Waals surface area contributed by atoms with E-state index < -0.39 is 0 Å². The van der Waals surface area contributed by atoms with Crippen LogP contribution < -0.4 is 20.3 Å². The molecular formula is C22H29N7O2S. The van der Waals surface area contributed by atoms with Crippen LogP contribution in [-0.4, -0.2) is 70.4 Å². The second-order valence-electron chi connectivity index (χ2n) is 7.87. The molecule has 2 aliphatic heterocycles. The first-order chi connectivity index (χ1) is 15.8. The highest BCUT2D eigenvalue weighted by Gasteiger charge is 2.19. The van der Waals surface area contributed by atoms with E-state index in [2.05, 4.69) is 42.6 Å². The molecule has 2 fully saturated rings. The SMILES string of the molecule is CCOc1cc(N2CCOCC2)ccc1Nc1nc(NC2CCSCC2)c2[nH]cnc2n1. The number of rotatable bonds is 7. The zero-order valence-electron chi connectivity index (χ0n) is 18.3. The molecule has 2 aliphatic rings. The maximum absolute atomic E-state index is 5.95. The monoisotopic (exact) mass is 455 g/mol. The van der Waals surface area contributed by atoms with Gasteiger partial charge in [0, 0.05) is 30.9 Å². The van der Waals surface area contributed by atoms with E-state index in [-0.39, 0.29) is 0 Å². The van der Waals surface area contributed by atoms with Crippen molar-refractivity contribution in [1.29, 1.82) is 0 Å². The van der Waals surface area contributed by atoms with Gasteiger partial charge in [0.05, 0.1) is 31.8 Å². The minimum atomic E-state index is 0.414. The number of H-pyrrole nitrogens is 1. The highest BCUT2D eigenvalue weighted by molar-refractivity contribution is 7.99.